The van der Waals surface area contributed by atoms with Crippen molar-refractivity contribution < 1.29 is 23.8 Å². The zero-order chi connectivity index (χ0) is 28.6. The molecule has 0 spiro atoms. The first-order valence-electron chi connectivity index (χ1n) is 13.5. The van der Waals surface area contributed by atoms with Crippen LogP contribution in [0.25, 0.3) is 5.69 Å². The number of thioether (sulfide) groups is 1. The Hall–Kier alpha value is -3.66. The van der Waals surface area contributed by atoms with Crippen LogP contribution in [0.2, 0.25) is 0 Å². The van der Waals surface area contributed by atoms with E-state index < -0.39 is 0 Å². The molecule has 3 aromatic rings. The van der Waals surface area contributed by atoms with E-state index in [4.69, 9.17) is 19.3 Å². The molecule has 2 unspecified atom stereocenters. The molecule has 0 bridgehead atoms. The molecular formula is C30H36N4O5S. The minimum Gasteiger partial charge on any atom is -0.497 e. The lowest BCUT2D eigenvalue weighted by molar-refractivity contribution is -0.123. The second-order valence-corrected chi connectivity index (χ2v) is 12.2. The van der Waals surface area contributed by atoms with E-state index >= 15 is 0 Å². The lowest BCUT2D eigenvalue weighted by atomic mass is 9.87. The van der Waals surface area contributed by atoms with Crippen LogP contribution in [0.15, 0.2) is 42.5 Å². The number of amides is 2. The van der Waals surface area contributed by atoms with Gasteiger partial charge in [0.1, 0.15) is 18.1 Å². The van der Waals surface area contributed by atoms with E-state index in [0.29, 0.717) is 23.1 Å². The second kappa shape index (κ2) is 11.1. The molecule has 5 rings (SSSR count). The quantitative estimate of drug-likeness (QED) is 0.432. The number of fused-ring (bicyclic) bond motifs is 2. The van der Waals surface area contributed by atoms with Crippen molar-refractivity contribution in [1.29, 1.82) is 0 Å². The molecule has 1 aromatic heterocycles. The molecule has 0 saturated carbocycles. The molecule has 10 heteroatoms. The van der Waals surface area contributed by atoms with E-state index in [2.05, 4.69) is 26.1 Å². The van der Waals surface area contributed by atoms with Crippen molar-refractivity contribution in [3.8, 4) is 22.9 Å². The number of aromatic nitrogens is 2. The minimum atomic E-state index is -0.352. The van der Waals surface area contributed by atoms with Gasteiger partial charge in [-0.2, -0.15) is 5.10 Å². The summed E-state index contributed by atoms with van der Waals surface area (Å²) in [7, 11) is 1.62. The summed E-state index contributed by atoms with van der Waals surface area (Å²) < 4.78 is 18.4. The second-order valence-electron chi connectivity index (χ2n) is 11.1. The average molecular weight is 565 g/mol. The van der Waals surface area contributed by atoms with Crippen molar-refractivity contribution in [2.24, 2.45) is 0 Å². The summed E-state index contributed by atoms with van der Waals surface area (Å²) >= 11 is 1.53. The number of hydrogen-bond acceptors (Lipinski definition) is 7. The third kappa shape index (κ3) is 5.37. The Bertz CT molecular complexity index is 1410. The molecule has 40 heavy (non-hydrogen) atoms. The molecule has 1 N–H and O–H groups in total. The molecule has 2 aliphatic heterocycles. The summed E-state index contributed by atoms with van der Waals surface area (Å²) in [6, 6.07) is 13.5. The van der Waals surface area contributed by atoms with Gasteiger partial charge in [-0.15, -0.1) is 11.8 Å². The van der Waals surface area contributed by atoms with Gasteiger partial charge in [-0.25, -0.2) is 4.68 Å². The topological polar surface area (TPSA) is 94.9 Å². The van der Waals surface area contributed by atoms with Crippen molar-refractivity contribution in [2.75, 3.05) is 31.1 Å². The van der Waals surface area contributed by atoms with E-state index in [0.717, 1.165) is 28.9 Å². The van der Waals surface area contributed by atoms with E-state index in [1.54, 1.807) is 16.7 Å². The SMILES string of the molecule is CCC(C)NC(=O)CN1C(=O)CSC(c2ccc3c(c2)OCO3)c2c(C(C)(C)C)nn(-c3ccc(OC)cc3)c21. The molecule has 2 aliphatic rings. The van der Waals surface area contributed by atoms with Crippen molar-refractivity contribution in [3.63, 3.8) is 0 Å². The Morgan fingerprint density at radius 3 is 2.58 bits per heavy atom. The molecule has 2 atom stereocenters. The molecule has 212 valence electrons. The lowest BCUT2D eigenvalue weighted by Gasteiger charge is -2.25. The number of nitrogens with zero attached hydrogens (tertiary/aromatic N) is 3. The highest BCUT2D eigenvalue weighted by molar-refractivity contribution is 8.00. The van der Waals surface area contributed by atoms with Crippen LogP contribution < -0.4 is 24.4 Å². The van der Waals surface area contributed by atoms with Gasteiger partial charge < -0.3 is 19.5 Å². The van der Waals surface area contributed by atoms with Crippen LogP contribution in [0, 0.1) is 0 Å². The van der Waals surface area contributed by atoms with Crippen LogP contribution in [-0.2, 0) is 15.0 Å². The smallest absolute Gasteiger partial charge is 0.240 e. The fourth-order valence-corrected chi connectivity index (χ4v) is 6.07. The van der Waals surface area contributed by atoms with Gasteiger partial charge in [0, 0.05) is 17.0 Å². The Morgan fingerprint density at radius 1 is 1.18 bits per heavy atom. The summed E-state index contributed by atoms with van der Waals surface area (Å²) in [6.07, 6.45) is 0.797. The Kier molecular flexibility index (Phi) is 7.72. The Balaban J connectivity index is 1.72. The molecule has 2 aromatic carbocycles. The maximum absolute atomic E-state index is 13.8. The standard InChI is InChI=1S/C30H36N4O5S/c1-7-18(2)31-24(35)15-33-25(36)16-40-27(19-8-13-22-23(14-19)39-17-38-22)26-28(30(3,4)5)32-34(29(26)33)20-9-11-21(37-6)12-10-20/h8-14,18,27H,7,15-17H2,1-6H3,(H,31,35). The van der Waals surface area contributed by atoms with Crippen LogP contribution in [0.5, 0.6) is 17.2 Å². The fourth-order valence-electron chi connectivity index (χ4n) is 4.88. The monoisotopic (exact) mass is 564 g/mol. The summed E-state index contributed by atoms with van der Waals surface area (Å²) in [6.45, 7) is 10.4. The molecule has 0 saturated heterocycles. The maximum atomic E-state index is 13.8. The predicted molar refractivity (Wildman–Crippen MR) is 156 cm³/mol. The van der Waals surface area contributed by atoms with Crippen LogP contribution >= 0.6 is 11.8 Å². The van der Waals surface area contributed by atoms with Crippen molar-refractivity contribution in [1.82, 2.24) is 15.1 Å². The normalized spacial score (nSPS) is 17.3. The Morgan fingerprint density at radius 2 is 1.90 bits per heavy atom. The molecule has 3 heterocycles. The zero-order valence-electron chi connectivity index (χ0n) is 23.8. The van der Waals surface area contributed by atoms with Gasteiger partial charge in [0.15, 0.2) is 11.5 Å². The van der Waals surface area contributed by atoms with E-state index in [-0.39, 0.29) is 47.6 Å². The first kappa shape index (κ1) is 27.9. The number of carbonyl (C=O) groups is 2. The maximum Gasteiger partial charge on any atom is 0.240 e. The van der Waals surface area contributed by atoms with Crippen LogP contribution in [0.3, 0.4) is 0 Å². The van der Waals surface area contributed by atoms with Gasteiger partial charge in [0.25, 0.3) is 0 Å². The average Bonchev–Trinajstić information content (AvgIpc) is 3.53. The molecule has 0 radical (unpaired) electrons. The van der Waals surface area contributed by atoms with Gasteiger partial charge in [-0.05, 0) is 55.3 Å². The van der Waals surface area contributed by atoms with Crippen LogP contribution in [0.1, 0.15) is 63.1 Å². The number of ether oxygens (including phenoxy) is 3. The first-order valence-corrected chi connectivity index (χ1v) is 14.5. The number of hydrogen-bond donors (Lipinski definition) is 1. The lowest BCUT2D eigenvalue weighted by Crippen LogP contribution is -2.44. The van der Waals surface area contributed by atoms with E-state index in [1.165, 1.54) is 11.8 Å². The molecule has 0 fully saturated rings. The molecule has 2 amide bonds. The largest absolute Gasteiger partial charge is 0.497 e. The third-order valence-electron chi connectivity index (χ3n) is 7.14. The fraction of sp³-hybridized carbons (Fsp3) is 0.433. The molecule has 0 aliphatic carbocycles. The minimum absolute atomic E-state index is 0.00133. The van der Waals surface area contributed by atoms with Crippen molar-refractivity contribution >= 4 is 29.4 Å². The summed E-state index contributed by atoms with van der Waals surface area (Å²) in [4.78, 5) is 28.6. The van der Waals surface area contributed by atoms with Gasteiger partial charge in [0.05, 0.1) is 29.5 Å². The number of nitrogens with one attached hydrogen (secondary N) is 1. The summed E-state index contributed by atoms with van der Waals surface area (Å²) in [5.74, 6) is 2.55. The van der Waals surface area contributed by atoms with Gasteiger partial charge in [-0.1, -0.05) is 33.8 Å². The highest BCUT2D eigenvalue weighted by atomic mass is 32.2. The highest BCUT2D eigenvalue weighted by Crippen LogP contribution is 2.49. The zero-order valence-corrected chi connectivity index (χ0v) is 24.6. The van der Waals surface area contributed by atoms with Gasteiger partial charge >= 0.3 is 0 Å². The van der Waals surface area contributed by atoms with Crippen molar-refractivity contribution in [2.45, 2.75) is 57.7 Å². The first-order chi connectivity index (χ1) is 19.1. The van der Waals surface area contributed by atoms with Gasteiger partial charge in [0.2, 0.25) is 18.6 Å². The summed E-state index contributed by atoms with van der Waals surface area (Å²) in [5, 5.41) is 7.92. The summed E-state index contributed by atoms with van der Waals surface area (Å²) in [5.41, 5.74) is 3.16. The van der Waals surface area contributed by atoms with E-state index in [1.807, 2.05) is 56.3 Å². The van der Waals surface area contributed by atoms with Gasteiger partial charge in [-0.3, -0.25) is 14.5 Å². The number of benzene rings is 2. The van der Waals surface area contributed by atoms with Crippen molar-refractivity contribution in [3.05, 3.63) is 59.3 Å². The molecule has 9 nitrogen and oxygen atoms in total. The van der Waals surface area contributed by atoms with E-state index in [9.17, 15) is 9.59 Å². The highest BCUT2D eigenvalue weighted by Gasteiger charge is 2.40. The van der Waals surface area contributed by atoms with Crippen LogP contribution in [-0.4, -0.2) is 53.8 Å². The predicted octanol–water partition coefficient (Wildman–Crippen LogP) is 4.99. The number of rotatable bonds is 7. The Labute approximate surface area is 239 Å². The third-order valence-corrected chi connectivity index (χ3v) is 8.39. The molecular weight excluding hydrogens is 528 g/mol. The van der Waals surface area contributed by atoms with Crippen LogP contribution in [0.4, 0.5) is 5.82 Å². The number of carbonyl (C=O) groups excluding carboxylic acids is 2. The number of anilines is 1. The number of methoxy groups -OCH3 is 1.